The van der Waals surface area contributed by atoms with E-state index < -0.39 is 0 Å². The first-order chi connectivity index (χ1) is 9.11. The lowest BCUT2D eigenvalue weighted by Gasteiger charge is -2.30. The Kier molecular flexibility index (Phi) is 5.04. The zero-order valence-electron chi connectivity index (χ0n) is 12.8. The molecule has 0 bridgehead atoms. The molecule has 0 heterocycles. The minimum atomic E-state index is 0.515. The normalized spacial score (nSPS) is 18.1. The second-order valence-electron chi connectivity index (χ2n) is 6.84. The fourth-order valence-corrected chi connectivity index (χ4v) is 3.38. The molecule has 0 aliphatic heterocycles. The molecule has 106 valence electrons. The molecule has 2 rings (SSSR count). The molecule has 1 fully saturated rings. The second kappa shape index (κ2) is 6.56. The SMILES string of the molecule is Cc1ccccc1CC1(CNCC(C)C)CCCC1. The summed E-state index contributed by atoms with van der Waals surface area (Å²) in [7, 11) is 0. The van der Waals surface area contributed by atoms with Crippen molar-refractivity contribution in [2.75, 3.05) is 13.1 Å². The molecule has 1 aliphatic carbocycles. The van der Waals surface area contributed by atoms with E-state index >= 15 is 0 Å². The maximum absolute atomic E-state index is 3.71. The monoisotopic (exact) mass is 259 g/mol. The third-order valence-corrected chi connectivity index (χ3v) is 4.54. The fraction of sp³-hybridized carbons (Fsp3) is 0.667. The molecule has 1 heteroatoms. The number of rotatable bonds is 6. The topological polar surface area (TPSA) is 12.0 Å². The van der Waals surface area contributed by atoms with Gasteiger partial charge in [0.15, 0.2) is 0 Å². The van der Waals surface area contributed by atoms with E-state index in [0.717, 1.165) is 12.5 Å². The average Bonchev–Trinajstić information content (AvgIpc) is 2.81. The van der Waals surface area contributed by atoms with Crippen molar-refractivity contribution in [3.63, 3.8) is 0 Å². The van der Waals surface area contributed by atoms with Crippen LogP contribution in [0.4, 0.5) is 0 Å². The molecule has 0 radical (unpaired) electrons. The molecule has 1 nitrogen and oxygen atoms in total. The molecule has 19 heavy (non-hydrogen) atoms. The molecule has 0 unspecified atom stereocenters. The average molecular weight is 259 g/mol. The van der Waals surface area contributed by atoms with Gasteiger partial charge in [0.1, 0.15) is 0 Å². The minimum absolute atomic E-state index is 0.515. The highest BCUT2D eigenvalue weighted by atomic mass is 14.9. The van der Waals surface area contributed by atoms with Gasteiger partial charge in [0.2, 0.25) is 0 Å². The number of hydrogen-bond donors (Lipinski definition) is 1. The van der Waals surface area contributed by atoms with Gasteiger partial charge in [-0.2, -0.15) is 0 Å². The van der Waals surface area contributed by atoms with Gasteiger partial charge in [-0.1, -0.05) is 51.0 Å². The Hall–Kier alpha value is -0.820. The van der Waals surface area contributed by atoms with Crippen molar-refractivity contribution in [1.82, 2.24) is 5.32 Å². The standard InChI is InChI=1S/C18H29N/c1-15(2)13-19-14-18(10-6-7-11-18)12-17-9-5-4-8-16(17)3/h4-5,8-9,15,19H,6-7,10-14H2,1-3H3. The second-order valence-corrected chi connectivity index (χ2v) is 6.84. The lowest BCUT2D eigenvalue weighted by molar-refractivity contribution is 0.272. The molecule has 1 aromatic carbocycles. The van der Waals surface area contributed by atoms with Crippen molar-refractivity contribution < 1.29 is 0 Å². The van der Waals surface area contributed by atoms with Gasteiger partial charge in [-0.3, -0.25) is 0 Å². The van der Waals surface area contributed by atoms with Crippen molar-refractivity contribution in [2.45, 2.75) is 52.9 Å². The first-order valence-electron chi connectivity index (χ1n) is 7.87. The van der Waals surface area contributed by atoms with Gasteiger partial charge in [-0.05, 0) is 55.2 Å². The smallest absolute Gasteiger partial charge is 0.00111 e. The first kappa shape index (κ1) is 14.6. The molecule has 1 N–H and O–H groups in total. The van der Waals surface area contributed by atoms with Crippen molar-refractivity contribution in [1.29, 1.82) is 0 Å². The lowest BCUT2D eigenvalue weighted by atomic mass is 9.79. The zero-order chi connectivity index (χ0) is 13.7. The summed E-state index contributed by atoms with van der Waals surface area (Å²) in [6.45, 7) is 9.17. The van der Waals surface area contributed by atoms with Crippen LogP contribution >= 0.6 is 0 Å². The van der Waals surface area contributed by atoms with Crippen LogP contribution in [-0.4, -0.2) is 13.1 Å². The van der Waals surface area contributed by atoms with Crippen LogP contribution in [0.5, 0.6) is 0 Å². The van der Waals surface area contributed by atoms with Gasteiger partial charge in [0.25, 0.3) is 0 Å². The maximum Gasteiger partial charge on any atom is 0.00111 e. The number of benzene rings is 1. The van der Waals surface area contributed by atoms with Crippen LogP contribution in [0.3, 0.4) is 0 Å². The summed E-state index contributed by atoms with van der Waals surface area (Å²) >= 11 is 0. The summed E-state index contributed by atoms with van der Waals surface area (Å²) in [4.78, 5) is 0. The quantitative estimate of drug-likeness (QED) is 0.801. The van der Waals surface area contributed by atoms with Gasteiger partial charge in [0.05, 0.1) is 0 Å². The Bertz CT molecular complexity index is 388. The predicted molar refractivity (Wildman–Crippen MR) is 83.5 cm³/mol. The van der Waals surface area contributed by atoms with Crippen molar-refractivity contribution >= 4 is 0 Å². The van der Waals surface area contributed by atoms with E-state index in [-0.39, 0.29) is 0 Å². The first-order valence-corrected chi connectivity index (χ1v) is 7.87. The molecule has 1 aliphatic rings. The zero-order valence-corrected chi connectivity index (χ0v) is 12.8. The number of nitrogens with one attached hydrogen (secondary N) is 1. The number of hydrogen-bond acceptors (Lipinski definition) is 1. The molecular formula is C18H29N. The van der Waals surface area contributed by atoms with Crippen LogP contribution < -0.4 is 5.32 Å². The van der Waals surface area contributed by atoms with E-state index in [9.17, 15) is 0 Å². The van der Waals surface area contributed by atoms with E-state index in [0.29, 0.717) is 5.41 Å². The summed E-state index contributed by atoms with van der Waals surface area (Å²) in [5, 5.41) is 3.71. The van der Waals surface area contributed by atoms with Crippen molar-refractivity contribution in [2.24, 2.45) is 11.3 Å². The van der Waals surface area contributed by atoms with Gasteiger partial charge in [0, 0.05) is 6.54 Å². The van der Waals surface area contributed by atoms with E-state index in [2.05, 4.69) is 50.4 Å². The van der Waals surface area contributed by atoms with Gasteiger partial charge >= 0.3 is 0 Å². The van der Waals surface area contributed by atoms with Crippen LogP contribution in [0.2, 0.25) is 0 Å². The summed E-state index contributed by atoms with van der Waals surface area (Å²) in [6, 6.07) is 8.90. The Morgan fingerprint density at radius 1 is 1.16 bits per heavy atom. The van der Waals surface area contributed by atoms with Gasteiger partial charge in [-0.25, -0.2) is 0 Å². The van der Waals surface area contributed by atoms with Gasteiger partial charge in [-0.15, -0.1) is 0 Å². The Morgan fingerprint density at radius 3 is 2.47 bits per heavy atom. The largest absolute Gasteiger partial charge is 0.316 e. The lowest BCUT2D eigenvalue weighted by Crippen LogP contribution is -2.35. The van der Waals surface area contributed by atoms with E-state index in [4.69, 9.17) is 0 Å². The molecule has 0 atom stereocenters. The van der Waals surface area contributed by atoms with E-state index in [1.54, 1.807) is 5.56 Å². The molecular weight excluding hydrogens is 230 g/mol. The van der Waals surface area contributed by atoms with Crippen LogP contribution in [0.25, 0.3) is 0 Å². The third-order valence-electron chi connectivity index (χ3n) is 4.54. The predicted octanol–water partition coefficient (Wildman–Crippen LogP) is 4.34. The van der Waals surface area contributed by atoms with Crippen LogP contribution in [0.15, 0.2) is 24.3 Å². The maximum atomic E-state index is 3.71. The molecule has 0 aromatic heterocycles. The molecule has 1 aromatic rings. The Balaban J connectivity index is 2.01. The van der Waals surface area contributed by atoms with Crippen LogP contribution in [0.1, 0.15) is 50.7 Å². The summed E-state index contributed by atoms with van der Waals surface area (Å²) in [5.74, 6) is 0.747. The highest BCUT2D eigenvalue weighted by Gasteiger charge is 2.33. The third kappa shape index (κ3) is 4.07. The van der Waals surface area contributed by atoms with Gasteiger partial charge < -0.3 is 5.32 Å². The van der Waals surface area contributed by atoms with Crippen LogP contribution in [0, 0.1) is 18.3 Å². The van der Waals surface area contributed by atoms with Crippen molar-refractivity contribution in [3.8, 4) is 0 Å². The minimum Gasteiger partial charge on any atom is -0.316 e. The highest BCUT2D eigenvalue weighted by Crippen LogP contribution is 2.40. The Morgan fingerprint density at radius 2 is 1.84 bits per heavy atom. The highest BCUT2D eigenvalue weighted by molar-refractivity contribution is 5.27. The van der Waals surface area contributed by atoms with E-state index in [1.807, 2.05) is 0 Å². The van der Waals surface area contributed by atoms with E-state index in [1.165, 1.54) is 44.2 Å². The molecule has 1 saturated carbocycles. The van der Waals surface area contributed by atoms with Crippen LogP contribution in [-0.2, 0) is 6.42 Å². The summed E-state index contributed by atoms with van der Waals surface area (Å²) in [6.07, 6.45) is 6.87. The fourth-order valence-electron chi connectivity index (χ4n) is 3.38. The molecule has 0 spiro atoms. The number of aryl methyl sites for hydroxylation is 1. The summed E-state index contributed by atoms with van der Waals surface area (Å²) in [5.41, 5.74) is 3.52. The molecule has 0 amide bonds. The molecule has 0 saturated heterocycles. The summed E-state index contributed by atoms with van der Waals surface area (Å²) < 4.78 is 0. The van der Waals surface area contributed by atoms with Crippen molar-refractivity contribution in [3.05, 3.63) is 35.4 Å². The Labute approximate surface area is 118 Å².